The molecule has 0 radical (unpaired) electrons. The van der Waals surface area contributed by atoms with Gasteiger partial charge in [-0.1, -0.05) is 12.1 Å². The third-order valence-electron chi connectivity index (χ3n) is 7.81. The minimum Gasteiger partial charge on any atom is -0.398 e. The topological polar surface area (TPSA) is 111 Å². The number of aliphatic imine (C=N–C) groups is 1. The average molecular weight is 612 g/mol. The lowest BCUT2D eigenvalue weighted by Gasteiger charge is -2.29. The van der Waals surface area contributed by atoms with Gasteiger partial charge in [-0.25, -0.2) is 23.1 Å². The van der Waals surface area contributed by atoms with Crippen LogP contribution in [-0.2, 0) is 22.5 Å². The molecule has 1 fully saturated rings. The zero-order chi connectivity index (χ0) is 30.1. The summed E-state index contributed by atoms with van der Waals surface area (Å²) in [5.41, 5.74) is 10.1. The normalized spacial score (nSPS) is 17.5. The van der Waals surface area contributed by atoms with Gasteiger partial charge in [0.2, 0.25) is 0 Å². The van der Waals surface area contributed by atoms with Crippen LogP contribution in [0.4, 0.5) is 29.7 Å². The quantitative estimate of drug-likeness (QED) is 0.198. The van der Waals surface area contributed by atoms with Crippen LogP contribution in [0, 0.1) is 6.92 Å². The molecule has 4 aromatic rings. The fourth-order valence-electron chi connectivity index (χ4n) is 5.53. The number of fused-ring (bicyclic) bond motifs is 1. The van der Waals surface area contributed by atoms with Crippen LogP contribution in [0.3, 0.4) is 0 Å². The molecule has 1 unspecified atom stereocenters. The maximum absolute atomic E-state index is 14.5. The number of benzene rings is 2. The van der Waals surface area contributed by atoms with Crippen LogP contribution in [-0.4, -0.2) is 59.1 Å². The zero-order valence-electron chi connectivity index (χ0n) is 23.3. The van der Waals surface area contributed by atoms with Crippen LogP contribution in [0.2, 0.25) is 0 Å². The molecule has 2 aliphatic rings. The van der Waals surface area contributed by atoms with Gasteiger partial charge in [0.05, 0.1) is 31.8 Å². The van der Waals surface area contributed by atoms with E-state index in [4.69, 9.17) is 10.5 Å². The Kier molecular flexibility index (Phi) is 8.17. The molecular weight excluding hydrogens is 579 g/mol. The first-order valence-electron chi connectivity index (χ1n) is 13.9. The molecule has 1 amide bonds. The summed E-state index contributed by atoms with van der Waals surface area (Å²) in [5.74, 6) is -0.569. The first kappa shape index (κ1) is 28.9. The molecule has 0 bridgehead atoms. The van der Waals surface area contributed by atoms with E-state index >= 15 is 0 Å². The summed E-state index contributed by atoms with van der Waals surface area (Å²) in [6.45, 7) is 4.78. The molecule has 6 rings (SSSR count). The van der Waals surface area contributed by atoms with Crippen molar-refractivity contribution >= 4 is 40.0 Å². The molecule has 2 aromatic carbocycles. The second kappa shape index (κ2) is 12.2. The fourth-order valence-corrected chi connectivity index (χ4v) is 6.06. The molecule has 1 saturated heterocycles. The molecule has 226 valence electrons. The number of imidazole rings is 1. The van der Waals surface area contributed by atoms with Gasteiger partial charge in [0.25, 0.3) is 12.3 Å². The highest BCUT2D eigenvalue weighted by Crippen LogP contribution is 2.37. The first-order valence-corrected chi connectivity index (χ1v) is 14.7. The number of amides is 1. The molecule has 0 aliphatic carbocycles. The highest BCUT2D eigenvalue weighted by molar-refractivity contribution is 7.13. The number of alkyl halides is 3. The number of nitrogens with one attached hydrogen (secondary N) is 1. The van der Waals surface area contributed by atoms with Gasteiger partial charge < -0.3 is 19.9 Å². The summed E-state index contributed by atoms with van der Waals surface area (Å²) in [6.07, 6.45) is 0.316. The van der Waals surface area contributed by atoms with Crippen molar-refractivity contribution in [1.29, 1.82) is 0 Å². The van der Waals surface area contributed by atoms with Gasteiger partial charge in [0.15, 0.2) is 11.2 Å². The van der Waals surface area contributed by atoms with Gasteiger partial charge in [0, 0.05) is 66.9 Å². The number of anilines is 3. The van der Waals surface area contributed by atoms with E-state index in [1.165, 1.54) is 36.1 Å². The Morgan fingerprint density at radius 3 is 2.72 bits per heavy atom. The van der Waals surface area contributed by atoms with Gasteiger partial charge in [-0.3, -0.25) is 15.1 Å². The number of morpholine rings is 1. The number of carbonyl (C=O) groups is 1. The number of ether oxygens (including phenoxy) is 1. The number of carbonyl (C=O) groups excluding carboxylic acids is 1. The summed E-state index contributed by atoms with van der Waals surface area (Å²) in [7, 11) is 0. The summed E-state index contributed by atoms with van der Waals surface area (Å²) in [5, 5.41) is 4.74. The van der Waals surface area contributed by atoms with Crippen molar-refractivity contribution in [1.82, 2.24) is 14.5 Å². The summed E-state index contributed by atoms with van der Waals surface area (Å²) < 4.78 is 50.2. The Morgan fingerprint density at radius 1 is 1.26 bits per heavy atom. The monoisotopic (exact) mass is 611 g/mol. The number of halogens is 3. The summed E-state index contributed by atoms with van der Waals surface area (Å²) in [4.78, 5) is 28.4. The highest BCUT2D eigenvalue weighted by atomic mass is 32.1. The van der Waals surface area contributed by atoms with Crippen molar-refractivity contribution in [2.45, 2.75) is 38.5 Å². The number of aromatic nitrogens is 3. The van der Waals surface area contributed by atoms with Gasteiger partial charge in [-0.15, -0.1) is 11.3 Å². The minimum absolute atomic E-state index is 0. The second-order valence-electron chi connectivity index (χ2n) is 10.5. The van der Waals surface area contributed by atoms with Crippen molar-refractivity contribution in [3.63, 3.8) is 0 Å². The zero-order valence-corrected chi connectivity index (χ0v) is 24.2. The van der Waals surface area contributed by atoms with Gasteiger partial charge >= 0.3 is 0 Å². The number of hydrogen-bond donors (Lipinski definition) is 2. The van der Waals surface area contributed by atoms with Crippen LogP contribution in [0.15, 0.2) is 53.2 Å². The minimum atomic E-state index is -2.86. The SMILES string of the molecule is Cc1c(-c2ccc(N3CCOCC3)cc2)cc(C(F)F)c(C=NC(C(=O)Nc2nccs2)c2ncn3c2C[C@@H](F)C3)c1N.[HH]. The van der Waals surface area contributed by atoms with E-state index in [0.717, 1.165) is 24.3 Å². The van der Waals surface area contributed by atoms with E-state index < -0.39 is 24.5 Å². The molecule has 43 heavy (non-hydrogen) atoms. The number of rotatable bonds is 8. The van der Waals surface area contributed by atoms with E-state index in [1.54, 1.807) is 16.9 Å². The molecule has 3 N–H and O–H groups in total. The third kappa shape index (κ3) is 5.87. The standard InChI is InChI=1S/C30H30F3N7O2S.H2/c1-17-21(18-2-4-20(5-3-18)39-7-9-42-10-8-39)13-22(28(32)33)23(25(17)34)14-36-27(29(41)38-30-35-6-11-43-30)26-24-12-19(31)15-40(24)16-37-26;/h2-6,11,13-14,16,19,27-28H,7-10,12,15,34H2,1H3,(H,35,38,41);1H/t19-,27?;/m1./s1. The molecule has 0 saturated carbocycles. The summed E-state index contributed by atoms with van der Waals surface area (Å²) >= 11 is 1.22. The Balaban J connectivity index is 0.00000384. The van der Waals surface area contributed by atoms with Crippen molar-refractivity contribution in [2.75, 3.05) is 42.3 Å². The van der Waals surface area contributed by atoms with E-state index in [2.05, 4.69) is 25.2 Å². The maximum atomic E-state index is 14.5. The Hall–Kier alpha value is -4.23. The summed E-state index contributed by atoms with van der Waals surface area (Å²) in [6, 6.07) is 7.91. The van der Waals surface area contributed by atoms with E-state index in [-0.39, 0.29) is 36.9 Å². The second-order valence-corrected chi connectivity index (χ2v) is 11.3. The molecule has 2 atom stereocenters. The predicted octanol–water partition coefficient (Wildman–Crippen LogP) is 5.61. The number of hydrogen-bond acceptors (Lipinski definition) is 8. The van der Waals surface area contributed by atoms with Gasteiger partial charge in [-0.2, -0.15) is 0 Å². The lowest BCUT2D eigenvalue weighted by Crippen LogP contribution is -2.36. The molecule has 9 nitrogen and oxygen atoms in total. The smallest absolute Gasteiger partial charge is 0.264 e. The van der Waals surface area contributed by atoms with E-state index in [9.17, 15) is 18.0 Å². The molecule has 0 spiro atoms. The van der Waals surface area contributed by atoms with E-state index in [1.807, 2.05) is 24.3 Å². The predicted molar refractivity (Wildman–Crippen MR) is 163 cm³/mol. The van der Waals surface area contributed by atoms with Crippen LogP contribution in [0.5, 0.6) is 0 Å². The fraction of sp³-hybridized carbons (Fsp3) is 0.333. The molecule has 13 heteroatoms. The highest BCUT2D eigenvalue weighted by Gasteiger charge is 2.32. The first-order chi connectivity index (χ1) is 20.8. The van der Waals surface area contributed by atoms with Gasteiger partial charge in [0.1, 0.15) is 6.17 Å². The largest absolute Gasteiger partial charge is 0.398 e. The van der Waals surface area contributed by atoms with Crippen molar-refractivity contribution in [3.05, 3.63) is 76.3 Å². The molecule has 2 aliphatic heterocycles. The van der Waals surface area contributed by atoms with Crippen molar-refractivity contribution in [2.24, 2.45) is 4.99 Å². The van der Waals surface area contributed by atoms with Crippen molar-refractivity contribution in [3.8, 4) is 11.1 Å². The number of thiazole rings is 1. The number of nitrogens with two attached hydrogens (primary N) is 1. The average Bonchev–Trinajstić information content (AvgIpc) is 3.74. The third-order valence-corrected chi connectivity index (χ3v) is 8.50. The number of nitrogen functional groups attached to an aromatic ring is 1. The van der Waals surface area contributed by atoms with Crippen LogP contribution in [0.25, 0.3) is 11.1 Å². The molecule has 2 aromatic heterocycles. The van der Waals surface area contributed by atoms with Crippen LogP contribution < -0.4 is 16.0 Å². The Bertz CT molecular complexity index is 1640. The Labute approximate surface area is 251 Å². The molecular formula is C30H32F3N7O2S. The van der Waals surface area contributed by atoms with Crippen LogP contribution >= 0.6 is 11.3 Å². The lowest BCUT2D eigenvalue weighted by atomic mass is 9.92. The van der Waals surface area contributed by atoms with Gasteiger partial charge in [-0.05, 0) is 41.8 Å². The lowest BCUT2D eigenvalue weighted by molar-refractivity contribution is -0.117. The van der Waals surface area contributed by atoms with Crippen molar-refractivity contribution < 1.29 is 24.1 Å². The molecule has 4 heterocycles. The number of nitrogens with zero attached hydrogens (tertiary/aromatic N) is 5. The van der Waals surface area contributed by atoms with E-state index in [0.29, 0.717) is 35.2 Å². The Morgan fingerprint density at radius 2 is 2.02 bits per heavy atom. The maximum Gasteiger partial charge on any atom is 0.264 e. The van der Waals surface area contributed by atoms with Crippen LogP contribution in [0.1, 0.15) is 42.0 Å².